The molecule has 0 fully saturated rings. The van der Waals surface area contributed by atoms with Crippen LogP contribution in [0.15, 0.2) is 66.0 Å². The van der Waals surface area contributed by atoms with Crippen molar-refractivity contribution in [2.75, 3.05) is 7.05 Å². The average Bonchev–Trinajstić information content (AvgIpc) is 2.97. The number of imidazole rings is 1. The zero-order chi connectivity index (χ0) is 18.9. The average molecular weight is 394 g/mol. The summed E-state index contributed by atoms with van der Waals surface area (Å²) in [5.74, 6) is -0.390. The highest BCUT2D eigenvalue weighted by molar-refractivity contribution is 7.89. The van der Waals surface area contributed by atoms with Crippen LogP contribution in [-0.2, 0) is 17.1 Å². The van der Waals surface area contributed by atoms with Crippen molar-refractivity contribution in [1.29, 1.82) is 0 Å². The fourth-order valence-electron chi connectivity index (χ4n) is 2.73. The Kier molecular flexibility index (Phi) is 5.13. The predicted octanol–water partition coefficient (Wildman–Crippen LogP) is 3.62. The van der Waals surface area contributed by atoms with E-state index in [4.69, 9.17) is 11.6 Å². The van der Waals surface area contributed by atoms with Crippen LogP contribution >= 0.6 is 11.6 Å². The van der Waals surface area contributed by atoms with Crippen LogP contribution in [0.2, 0.25) is 5.15 Å². The maximum absolute atomic E-state index is 13.3. The molecule has 0 amide bonds. The quantitative estimate of drug-likeness (QED) is 0.665. The second kappa shape index (κ2) is 7.19. The Morgan fingerprint density at radius 3 is 2.19 bits per heavy atom. The van der Waals surface area contributed by atoms with Crippen molar-refractivity contribution in [3.8, 4) is 0 Å². The fraction of sp³-hybridized carbons (Fsp3) is 0.167. The maximum Gasteiger partial charge on any atom is 0.264 e. The van der Waals surface area contributed by atoms with Gasteiger partial charge in [-0.25, -0.2) is 17.8 Å². The standard InChI is InChI=1S/C18H17ClFN3O2S/c1-22-12-21-18(17(22)19)26(24,25)23(2)16(13-6-4-3-5-7-13)14-8-10-15(20)11-9-14/h3-12,16H,1-2H3. The van der Waals surface area contributed by atoms with Gasteiger partial charge in [-0.15, -0.1) is 0 Å². The summed E-state index contributed by atoms with van der Waals surface area (Å²) in [7, 11) is -0.905. The molecule has 0 spiro atoms. The molecule has 0 N–H and O–H groups in total. The fourth-order valence-corrected chi connectivity index (χ4v) is 4.45. The molecule has 1 unspecified atom stereocenters. The highest BCUT2D eigenvalue weighted by atomic mass is 35.5. The van der Waals surface area contributed by atoms with Crippen LogP contribution < -0.4 is 0 Å². The summed E-state index contributed by atoms with van der Waals surface area (Å²) in [6.07, 6.45) is 1.35. The predicted molar refractivity (Wildman–Crippen MR) is 97.9 cm³/mol. The van der Waals surface area contributed by atoms with Crippen LogP contribution in [-0.4, -0.2) is 29.3 Å². The van der Waals surface area contributed by atoms with Crippen molar-refractivity contribution in [2.24, 2.45) is 7.05 Å². The van der Waals surface area contributed by atoms with E-state index in [-0.39, 0.29) is 16.0 Å². The zero-order valence-corrected chi connectivity index (χ0v) is 15.7. The van der Waals surface area contributed by atoms with E-state index in [0.29, 0.717) is 5.56 Å². The van der Waals surface area contributed by atoms with Crippen molar-refractivity contribution in [2.45, 2.75) is 11.1 Å². The number of halogens is 2. The van der Waals surface area contributed by atoms with E-state index in [0.717, 1.165) is 5.56 Å². The van der Waals surface area contributed by atoms with Gasteiger partial charge in [0.05, 0.1) is 12.4 Å². The zero-order valence-electron chi connectivity index (χ0n) is 14.2. The highest BCUT2D eigenvalue weighted by Crippen LogP contribution is 2.33. The molecule has 3 rings (SSSR count). The van der Waals surface area contributed by atoms with E-state index in [2.05, 4.69) is 4.98 Å². The van der Waals surface area contributed by atoms with Crippen LogP contribution in [0.25, 0.3) is 0 Å². The third-order valence-electron chi connectivity index (χ3n) is 4.12. The summed E-state index contributed by atoms with van der Waals surface area (Å²) in [4.78, 5) is 3.93. The van der Waals surface area contributed by atoms with E-state index in [1.165, 1.54) is 34.4 Å². The Bertz CT molecular complexity index is 1000. The third kappa shape index (κ3) is 3.38. The van der Waals surface area contributed by atoms with Gasteiger partial charge in [0.1, 0.15) is 11.0 Å². The Morgan fingerprint density at radius 1 is 1.08 bits per heavy atom. The monoisotopic (exact) mass is 393 g/mol. The minimum Gasteiger partial charge on any atom is -0.324 e. The number of aromatic nitrogens is 2. The molecular formula is C18H17ClFN3O2S. The van der Waals surface area contributed by atoms with Gasteiger partial charge in [0.15, 0.2) is 0 Å². The Hall–Kier alpha value is -2.22. The molecule has 2 aromatic carbocycles. The molecular weight excluding hydrogens is 377 g/mol. The summed E-state index contributed by atoms with van der Waals surface area (Å²) in [6.45, 7) is 0. The van der Waals surface area contributed by atoms with Crippen LogP contribution in [0.3, 0.4) is 0 Å². The largest absolute Gasteiger partial charge is 0.324 e. The molecule has 26 heavy (non-hydrogen) atoms. The first-order valence-electron chi connectivity index (χ1n) is 7.77. The molecule has 0 aliphatic rings. The Morgan fingerprint density at radius 2 is 1.65 bits per heavy atom. The lowest BCUT2D eigenvalue weighted by Crippen LogP contribution is -2.32. The van der Waals surface area contributed by atoms with Crippen molar-refractivity contribution in [3.63, 3.8) is 0 Å². The highest BCUT2D eigenvalue weighted by Gasteiger charge is 2.34. The second-order valence-corrected chi connectivity index (χ2v) is 8.11. The lowest BCUT2D eigenvalue weighted by atomic mass is 9.99. The third-order valence-corrected chi connectivity index (χ3v) is 6.44. The van der Waals surface area contributed by atoms with Crippen LogP contribution in [0.1, 0.15) is 17.2 Å². The summed E-state index contributed by atoms with van der Waals surface area (Å²) in [5.41, 5.74) is 1.38. The van der Waals surface area contributed by atoms with Crippen molar-refractivity contribution in [3.05, 3.63) is 83.0 Å². The minimum atomic E-state index is -3.98. The van der Waals surface area contributed by atoms with Gasteiger partial charge in [0.2, 0.25) is 5.03 Å². The number of sulfonamides is 1. The number of rotatable bonds is 5. The number of hydrogen-bond donors (Lipinski definition) is 0. The second-order valence-electron chi connectivity index (χ2n) is 5.84. The van der Waals surface area contributed by atoms with Crippen LogP contribution in [0.4, 0.5) is 4.39 Å². The van der Waals surface area contributed by atoms with Crippen molar-refractivity contribution < 1.29 is 12.8 Å². The molecule has 0 bridgehead atoms. The van der Waals surface area contributed by atoms with E-state index in [1.807, 2.05) is 30.3 Å². The van der Waals surface area contributed by atoms with Gasteiger partial charge in [0.25, 0.3) is 10.0 Å². The van der Waals surface area contributed by atoms with E-state index in [1.54, 1.807) is 19.2 Å². The molecule has 0 saturated carbocycles. The smallest absolute Gasteiger partial charge is 0.264 e. The normalized spacial score (nSPS) is 13.1. The molecule has 1 atom stereocenters. The Labute approximate surface area is 156 Å². The number of hydrogen-bond acceptors (Lipinski definition) is 3. The van der Waals surface area contributed by atoms with Gasteiger partial charge in [-0.2, -0.15) is 4.31 Å². The molecule has 0 aliphatic carbocycles. The first kappa shape index (κ1) is 18.6. The lowest BCUT2D eigenvalue weighted by molar-refractivity contribution is 0.416. The SMILES string of the molecule is CN(C(c1ccccc1)c1ccc(F)cc1)S(=O)(=O)c1ncn(C)c1Cl. The van der Waals surface area contributed by atoms with Gasteiger partial charge in [0, 0.05) is 14.1 Å². The van der Waals surface area contributed by atoms with Crippen molar-refractivity contribution >= 4 is 21.6 Å². The summed E-state index contributed by atoms with van der Waals surface area (Å²) >= 11 is 6.10. The lowest BCUT2D eigenvalue weighted by Gasteiger charge is -2.28. The van der Waals surface area contributed by atoms with Crippen LogP contribution in [0.5, 0.6) is 0 Å². The molecule has 1 heterocycles. The van der Waals surface area contributed by atoms with Crippen molar-refractivity contribution in [1.82, 2.24) is 13.9 Å². The van der Waals surface area contributed by atoms with Gasteiger partial charge in [-0.3, -0.25) is 0 Å². The molecule has 0 radical (unpaired) electrons. The van der Waals surface area contributed by atoms with Crippen LogP contribution in [0, 0.1) is 5.82 Å². The van der Waals surface area contributed by atoms with E-state index < -0.39 is 16.1 Å². The Balaban J connectivity index is 2.12. The van der Waals surface area contributed by atoms with Gasteiger partial charge < -0.3 is 4.57 Å². The van der Waals surface area contributed by atoms with E-state index >= 15 is 0 Å². The molecule has 8 heteroatoms. The van der Waals surface area contributed by atoms with Gasteiger partial charge >= 0.3 is 0 Å². The van der Waals surface area contributed by atoms with Gasteiger partial charge in [-0.05, 0) is 23.3 Å². The molecule has 0 aliphatic heterocycles. The topological polar surface area (TPSA) is 55.2 Å². The van der Waals surface area contributed by atoms with Gasteiger partial charge in [-0.1, -0.05) is 54.1 Å². The maximum atomic E-state index is 13.3. The number of aryl methyl sites for hydroxylation is 1. The molecule has 5 nitrogen and oxygen atoms in total. The first-order chi connectivity index (χ1) is 12.3. The van der Waals surface area contributed by atoms with E-state index in [9.17, 15) is 12.8 Å². The summed E-state index contributed by atoms with van der Waals surface area (Å²) in [5, 5.41) is -0.185. The molecule has 1 aromatic heterocycles. The molecule has 3 aromatic rings. The summed E-state index contributed by atoms with van der Waals surface area (Å²) < 4.78 is 42.2. The minimum absolute atomic E-state index is 0.0303. The molecule has 136 valence electrons. The first-order valence-corrected chi connectivity index (χ1v) is 9.59. The summed E-state index contributed by atoms with van der Waals surface area (Å²) in [6, 6.07) is 14.2. The number of nitrogens with zero attached hydrogens (tertiary/aromatic N) is 3. The molecule has 0 saturated heterocycles. The number of benzene rings is 2.